The number of carbonyl (C=O) groups excluding carboxylic acids is 2. The van der Waals surface area contributed by atoms with Crippen LogP contribution < -0.4 is 19.5 Å². The van der Waals surface area contributed by atoms with Gasteiger partial charge < -0.3 is 24.3 Å². The van der Waals surface area contributed by atoms with Crippen molar-refractivity contribution >= 4 is 35.2 Å². The van der Waals surface area contributed by atoms with E-state index in [2.05, 4.69) is 10.1 Å². The fraction of sp³-hybridized carbons (Fsp3) is 0.200. The van der Waals surface area contributed by atoms with E-state index in [0.29, 0.717) is 28.5 Å². The first-order valence-electron chi connectivity index (χ1n) is 8.10. The maximum Gasteiger partial charge on any atom is 0.339 e. The van der Waals surface area contributed by atoms with E-state index in [1.807, 2.05) is 0 Å². The number of esters is 1. The summed E-state index contributed by atoms with van der Waals surface area (Å²) in [6.45, 7) is 0. The molecular weight excluding hydrogens is 386 g/mol. The summed E-state index contributed by atoms with van der Waals surface area (Å²) in [5.74, 6) is 0.425. The highest BCUT2D eigenvalue weighted by atomic mass is 35.5. The highest BCUT2D eigenvalue weighted by molar-refractivity contribution is 6.33. The van der Waals surface area contributed by atoms with Crippen molar-refractivity contribution in [1.29, 1.82) is 0 Å². The lowest BCUT2D eigenvalue weighted by Gasteiger charge is -2.12. The minimum absolute atomic E-state index is 0.163. The molecule has 2 aromatic carbocycles. The van der Waals surface area contributed by atoms with Crippen LogP contribution >= 0.6 is 11.6 Å². The second-order valence-corrected chi connectivity index (χ2v) is 5.87. The van der Waals surface area contributed by atoms with E-state index in [1.165, 1.54) is 46.6 Å². The number of methoxy groups -OCH3 is 4. The molecule has 0 aliphatic heterocycles. The average Bonchev–Trinajstić information content (AvgIpc) is 2.72. The van der Waals surface area contributed by atoms with Crippen LogP contribution in [0.3, 0.4) is 0 Å². The molecule has 0 saturated heterocycles. The first kappa shape index (κ1) is 21.1. The van der Waals surface area contributed by atoms with E-state index < -0.39 is 11.9 Å². The lowest BCUT2D eigenvalue weighted by molar-refractivity contribution is -0.111. The van der Waals surface area contributed by atoms with Crippen LogP contribution in [0.4, 0.5) is 5.69 Å². The monoisotopic (exact) mass is 405 g/mol. The Morgan fingerprint density at radius 3 is 2.14 bits per heavy atom. The molecule has 0 unspecified atom stereocenters. The summed E-state index contributed by atoms with van der Waals surface area (Å²) in [6, 6.07) is 7.96. The molecule has 0 aromatic heterocycles. The van der Waals surface area contributed by atoms with Gasteiger partial charge >= 0.3 is 5.97 Å². The van der Waals surface area contributed by atoms with Gasteiger partial charge in [-0.25, -0.2) is 4.79 Å². The molecule has 0 heterocycles. The maximum atomic E-state index is 12.2. The van der Waals surface area contributed by atoms with E-state index >= 15 is 0 Å². The first-order valence-corrected chi connectivity index (χ1v) is 8.48. The highest BCUT2D eigenvalue weighted by Gasteiger charge is 2.13. The molecule has 1 N–H and O–H groups in total. The van der Waals surface area contributed by atoms with Gasteiger partial charge in [0.05, 0.1) is 39.0 Å². The zero-order chi connectivity index (χ0) is 20.7. The van der Waals surface area contributed by atoms with Gasteiger partial charge in [0.15, 0.2) is 11.5 Å². The Bertz CT molecular complexity index is 885. The molecule has 1 amide bonds. The predicted molar refractivity (Wildman–Crippen MR) is 107 cm³/mol. The number of amides is 1. The number of anilines is 1. The topological polar surface area (TPSA) is 83.1 Å². The van der Waals surface area contributed by atoms with Crippen LogP contribution in [-0.2, 0) is 9.53 Å². The van der Waals surface area contributed by atoms with E-state index in [-0.39, 0.29) is 10.6 Å². The minimum Gasteiger partial charge on any atom is -0.493 e. The molecule has 0 spiro atoms. The van der Waals surface area contributed by atoms with Gasteiger partial charge in [-0.05, 0) is 42.0 Å². The lowest BCUT2D eigenvalue weighted by atomic mass is 10.1. The SMILES string of the molecule is COC(=O)c1cc(NC(=O)/C=C\c2cc(OC)c(OC)c(OC)c2)ccc1Cl. The molecule has 2 aromatic rings. The molecule has 0 saturated carbocycles. The Labute approximate surface area is 167 Å². The summed E-state index contributed by atoms with van der Waals surface area (Å²) in [7, 11) is 5.79. The molecule has 0 atom stereocenters. The van der Waals surface area contributed by atoms with Crippen molar-refractivity contribution in [3.63, 3.8) is 0 Å². The molecule has 0 aliphatic rings. The quantitative estimate of drug-likeness (QED) is 0.557. The maximum absolute atomic E-state index is 12.2. The van der Waals surface area contributed by atoms with Crippen LogP contribution in [0.1, 0.15) is 15.9 Å². The zero-order valence-corrected chi connectivity index (χ0v) is 16.6. The Hall–Kier alpha value is -3.19. The smallest absolute Gasteiger partial charge is 0.339 e. The largest absolute Gasteiger partial charge is 0.493 e. The zero-order valence-electron chi connectivity index (χ0n) is 15.9. The summed E-state index contributed by atoms with van der Waals surface area (Å²) in [4.78, 5) is 23.9. The van der Waals surface area contributed by atoms with Crippen LogP contribution in [0.15, 0.2) is 36.4 Å². The predicted octanol–water partition coefficient (Wildman–Crippen LogP) is 3.80. The molecule has 7 nitrogen and oxygen atoms in total. The van der Waals surface area contributed by atoms with Gasteiger partial charge in [-0.15, -0.1) is 0 Å². The molecule has 8 heteroatoms. The van der Waals surface area contributed by atoms with E-state index in [1.54, 1.807) is 24.3 Å². The number of rotatable bonds is 7. The number of carbonyl (C=O) groups is 2. The third-order valence-corrected chi connectivity index (χ3v) is 4.08. The second kappa shape index (κ2) is 9.66. The number of hydrogen-bond acceptors (Lipinski definition) is 6. The number of ether oxygens (including phenoxy) is 4. The summed E-state index contributed by atoms with van der Waals surface area (Å²) < 4.78 is 20.5. The van der Waals surface area contributed by atoms with Crippen molar-refractivity contribution < 1.29 is 28.5 Å². The summed E-state index contributed by atoms with van der Waals surface area (Å²) >= 11 is 5.97. The first-order chi connectivity index (χ1) is 13.4. The van der Waals surface area contributed by atoms with Crippen LogP contribution in [-0.4, -0.2) is 40.3 Å². The van der Waals surface area contributed by atoms with E-state index in [0.717, 1.165) is 0 Å². The number of hydrogen-bond donors (Lipinski definition) is 1. The Morgan fingerprint density at radius 2 is 1.61 bits per heavy atom. The molecule has 148 valence electrons. The Balaban J connectivity index is 2.19. The van der Waals surface area contributed by atoms with Crippen LogP contribution in [0.25, 0.3) is 6.08 Å². The Morgan fingerprint density at radius 1 is 0.964 bits per heavy atom. The molecule has 0 fully saturated rings. The van der Waals surface area contributed by atoms with Crippen LogP contribution in [0.2, 0.25) is 5.02 Å². The highest BCUT2D eigenvalue weighted by Crippen LogP contribution is 2.38. The standard InChI is InChI=1S/C20H20ClNO6/c1-25-16-9-12(10-17(26-2)19(16)27-3)5-8-18(23)22-13-6-7-15(21)14(11-13)20(24)28-4/h5-11H,1-4H3,(H,22,23)/b8-5-. The van der Waals surface area contributed by atoms with E-state index in [4.69, 9.17) is 25.8 Å². The third kappa shape index (κ3) is 4.95. The summed E-state index contributed by atoms with van der Waals surface area (Å²) in [5, 5.41) is 2.89. The van der Waals surface area contributed by atoms with Crippen molar-refractivity contribution in [3.05, 3.63) is 52.6 Å². The van der Waals surface area contributed by atoms with Gasteiger partial charge in [0, 0.05) is 11.8 Å². The molecule has 0 aliphatic carbocycles. The van der Waals surface area contributed by atoms with Gasteiger partial charge in [0.2, 0.25) is 11.7 Å². The fourth-order valence-corrected chi connectivity index (χ4v) is 2.62. The normalized spacial score (nSPS) is 10.5. The van der Waals surface area contributed by atoms with Crippen molar-refractivity contribution in [2.75, 3.05) is 33.8 Å². The van der Waals surface area contributed by atoms with Crippen molar-refractivity contribution in [3.8, 4) is 17.2 Å². The van der Waals surface area contributed by atoms with Crippen LogP contribution in [0, 0.1) is 0 Å². The lowest BCUT2D eigenvalue weighted by Crippen LogP contribution is -2.09. The molecule has 2 rings (SSSR count). The van der Waals surface area contributed by atoms with Crippen LogP contribution in [0.5, 0.6) is 17.2 Å². The van der Waals surface area contributed by atoms with Gasteiger partial charge in [0.1, 0.15) is 0 Å². The number of benzene rings is 2. The molecule has 28 heavy (non-hydrogen) atoms. The second-order valence-electron chi connectivity index (χ2n) is 5.47. The van der Waals surface area contributed by atoms with E-state index in [9.17, 15) is 9.59 Å². The van der Waals surface area contributed by atoms with Gasteiger partial charge in [-0.2, -0.15) is 0 Å². The van der Waals surface area contributed by atoms with Crippen molar-refractivity contribution in [1.82, 2.24) is 0 Å². The molecule has 0 radical (unpaired) electrons. The van der Waals surface area contributed by atoms with Gasteiger partial charge in [0.25, 0.3) is 0 Å². The van der Waals surface area contributed by atoms with Gasteiger partial charge in [-0.1, -0.05) is 11.6 Å². The number of nitrogens with one attached hydrogen (secondary N) is 1. The minimum atomic E-state index is -0.589. The summed E-state index contributed by atoms with van der Waals surface area (Å²) in [6.07, 6.45) is 2.93. The van der Waals surface area contributed by atoms with Crippen molar-refractivity contribution in [2.24, 2.45) is 0 Å². The average molecular weight is 406 g/mol. The van der Waals surface area contributed by atoms with Gasteiger partial charge in [-0.3, -0.25) is 4.79 Å². The summed E-state index contributed by atoms with van der Waals surface area (Å²) in [5.41, 5.74) is 1.25. The third-order valence-electron chi connectivity index (χ3n) is 3.75. The van der Waals surface area contributed by atoms with Crippen molar-refractivity contribution in [2.45, 2.75) is 0 Å². The Kier molecular flexibility index (Phi) is 7.28. The fourth-order valence-electron chi connectivity index (χ4n) is 2.42. The number of halogens is 1. The molecule has 0 bridgehead atoms. The molecular formula is C20H20ClNO6.